The Labute approximate surface area is 159 Å². The van der Waals surface area contributed by atoms with Crippen molar-refractivity contribution in [2.45, 2.75) is 31.7 Å². The number of carbonyl (C=O) groups is 1. The largest absolute Gasteiger partial charge is 0.350 e. The zero-order chi connectivity index (χ0) is 18.4. The fourth-order valence-electron chi connectivity index (χ4n) is 3.48. The van der Waals surface area contributed by atoms with Crippen LogP contribution < -0.4 is 5.32 Å². The highest BCUT2D eigenvalue weighted by Crippen LogP contribution is 2.29. The lowest BCUT2D eigenvalue weighted by Crippen LogP contribution is -2.38. The summed E-state index contributed by atoms with van der Waals surface area (Å²) in [5.41, 5.74) is 1.50. The molecule has 3 nitrogen and oxygen atoms in total. The molecule has 0 saturated carbocycles. The highest BCUT2D eigenvalue weighted by Gasteiger charge is 2.24. The van der Waals surface area contributed by atoms with E-state index in [0.29, 0.717) is 12.1 Å². The van der Waals surface area contributed by atoms with Crippen LogP contribution in [0.2, 0.25) is 5.02 Å². The van der Waals surface area contributed by atoms with E-state index in [9.17, 15) is 9.18 Å². The molecule has 2 aromatic rings. The van der Waals surface area contributed by atoms with Gasteiger partial charge < -0.3 is 5.32 Å². The molecule has 1 aliphatic heterocycles. The average Bonchev–Trinajstić information content (AvgIpc) is 2.93. The molecule has 1 saturated heterocycles. The number of halogens is 2. The van der Waals surface area contributed by atoms with Gasteiger partial charge in [0.15, 0.2) is 0 Å². The molecule has 0 radical (unpaired) electrons. The first kappa shape index (κ1) is 18.9. The first-order valence-corrected chi connectivity index (χ1v) is 9.55. The van der Waals surface area contributed by atoms with E-state index in [0.717, 1.165) is 36.5 Å². The zero-order valence-electron chi connectivity index (χ0n) is 14.8. The standard InChI is InChI=1S/C21H24ClFN2O/c22-19-8-4-3-7-18(19)20(25-13-5-1-2-6-14-25)15-24-21(26)16-9-11-17(23)12-10-16/h3-4,7-12,20H,1-2,5-6,13-15H2,(H,24,26)/t20-/m0/s1. The van der Waals surface area contributed by atoms with Crippen molar-refractivity contribution in [1.29, 1.82) is 0 Å². The number of nitrogens with one attached hydrogen (secondary N) is 1. The smallest absolute Gasteiger partial charge is 0.251 e. The van der Waals surface area contributed by atoms with Gasteiger partial charge in [-0.05, 0) is 61.8 Å². The number of hydrogen-bond acceptors (Lipinski definition) is 2. The highest BCUT2D eigenvalue weighted by molar-refractivity contribution is 6.31. The molecule has 138 valence electrons. The van der Waals surface area contributed by atoms with Crippen molar-refractivity contribution in [3.63, 3.8) is 0 Å². The average molecular weight is 375 g/mol. The summed E-state index contributed by atoms with van der Waals surface area (Å²) in [5.74, 6) is -0.545. The van der Waals surface area contributed by atoms with Gasteiger partial charge in [0.1, 0.15) is 5.82 Å². The number of amides is 1. The predicted octanol–water partition coefficient (Wildman–Crippen LogP) is 4.83. The third kappa shape index (κ3) is 4.83. The summed E-state index contributed by atoms with van der Waals surface area (Å²) in [6.45, 7) is 2.48. The second kappa shape index (κ2) is 9.15. The number of nitrogens with zero attached hydrogens (tertiary/aromatic N) is 1. The predicted molar refractivity (Wildman–Crippen MR) is 103 cm³/mol. The number of benzene rings is 2. The summed E-state index contributed by atoms with van der Waals surface area (Å²) < 4.78 is 13.1. The van der Waals surface area contributed by atoms with E-state index in [2.05, 4.69) is 10.2 Å². The van der Waals surface area contributed by atoms with Crippen molar-refractivity contribution in [2.24, 2.45) is 0 Å². The maximum Gasteiger partial charge on any atom is 0.251 e. The molecular formula is C21H24ClFN2O. The van der Waals surface area contributed by atoms with Gasteiger partial charge in [0.25, 0.3) is 5.91 Å². The topological polar surface area (TPSA) is 32.3 Å². The molecule has 0 unspecified atom stereocenters. The van der Waals surface area contributed by atoms with Crippen LogP contribution in [0.3, 0.4) is 0 Å². The van der Waals surface area contributed by atoms with E-state index in [1.54, 1.807) is 0 Å². The summed E-state index contributed by atoms with van der Waals surface area (Å²) >= 11 is 6.45. The zero-order valence-corrected chi connectivity index (χ0v) is 15.5. The molecule has 1 amide bonds. The van der Waals surface area contributed by atoms with Gasteiger partial charge in [-0.2, -0.15) is 0 Å². The van der Waals surface area contributed by atoms with Gasteiger partial charge in [-0.15, -0.1) is 0 Å². The Bertz CT molecular complexity index is 727. The van der Waals surface area contributed by atoms with E-state index < -0.39 is 0 Å². The van der Waals surface area contributed by atoms with Crippen molar-refractivity contribution in [2.75, 3.05) is 19.6 Å². The van der Waals surface area contributed by atoms with Crippen LogP contribution in [0.15, 0.2) is 48.5 Å². The van der Waals surface area contributed by atoms with E-state index in [-0.39, 0.29) is 17.8 Å². The van der Waals surface area contributed by atoms with Crippen molar-refractivity contribution in [3.8, 4) is 0 Å². The lowest BCUT2D eigenvalue weighted by Gasteiger charge is -2.31. The highest BCUT2D eigenvalue weighted by atomic mass is 35.5. The van der Waals surface area contributed by atoms with Gasteiger partial charge in [0.2, 0.25) is 0 Å². The maximum absolute atomic E-state index is 13.1. The molecule has 1 aliphatic rings. The van der Waals surface area contributed by atoms with E-state index in [1.165, 1.54) is 37.1 Å². The summed E-state index contributed by atoms with van der Waals surface area (Å²) in [6, 6.07) is 13.5. The van der Waals surface area contributed by atoms with E-state index >= 15 is 0 Å². The molecule has 0 bridgehead atoms. The summed E-state index contributed by atoms with van der Waals surface area (Å²) in [7, 11) is 0. The number of likely N-dealkylation sites (tertiary alicyclic amines) is 1. The van der Waals surface area contributed by atoms with E-state index in [1.807, 2.05) is 24.3 Å². The minimum atomic E-state index is -0.347. The number of rotatable bonds is 5. The third-order valence-corrected chi connectivity index (χ3v) is 5.25. The normalized spacial score (nSPS) is 16.7. The molecule has 1 heterocycles. The van der Waals surface area contributed by atoms with Crippen LogP contribution in [-0.2, 0) is 0 Å². The van der Waals surface area contributed by atoms with Crippen LogP contribution >= 0.6 is 11.6 Å². The first-order chi connectivity index (χ1) is 12.6. The molecule has 1 N–H and O–H groups in total. The fourth-order valence-corrected chi connectivity index (χ4v) is 3.74. The Balaban J connectivity index is 1.76. The van der Waals surface area contributed by atoms with Crippen molar-refractivity contribution < 1.29 is 9.18 Å². The van der Waals surface area contributed by atoms with Gasteiger partial charge >= 0.3 is 0 Å². The Hall–Kier alpha value is -1.91. The first-order valence-electron chi connectivity index (χ1n) is 9.17. The molecule has 3 rings (SSSR count). The lowest BCUT2D eigenvalue weighted by molar-refractivity contribution is 0.0933. The van der Waals surface area contributed by atoms with E-state index in [4.69, 9.17) is 11.6 Å². The van der Waals surface area contributed by atoms with Gasteiger partial charge in [0, 0.05) is 17.1 Å². The second-order valence-corrected chi connectivity index (χ2v) is 7.11. The third-order valence-electron chi connectivity index (χ3n) is 4.91. The minimum absolute atomic E-state index is 0.0335. The molecule has 26 heavy (non-hydrogen) atoms. The molecule has 1 fully saturated rings. The van der Waals surface area contributed by atoms with Gasteiger partial charge in [-0.1, -0.05) is 42.6 Å². The number of hydrogen-bond donors (Lipinski definition) is 1. The Morgan fingerprint density at radius 3 is 2.35 bits per heavy atom. The molecular weight excluding hydrogens is 351 g/mol. The minimum Gasteiger partial charge on any atom is -0.350 e. The summed E-state index contributed by atoms with van der Waals surface area (Å²) in [6.07, 6.45) is 4.81. The Kier molecular flexibility index (Phi) is 6.64. The molecule has 2 aromatic carbocycles. The molecule has 0 spiro atoms. The van der Waals surface area contributed by atoms with Crippen LogP contribution in [0.1, 0.15) is 47.6 Å². The van der Waals surface area contributed by atoms with Crippen molar-refractivity contribution >= 4 is 17.5 Å². The van der Waals surface area contributed by atoms with Crippen molar-refractivity contribution in [1.82, 2.24) is 10.2 Å². The van der Waals surface area contributed by atoms with Gasteiger partial charge in [-0.25, -0.2) is 4.39 Å². The van der Waals surface area contributed by atoms with Gasteiger partial charge in [0.05, 0.1) is 6.04 Å². The van der Waals surface area contributed by atoms with Crippen LogP contribution in [-0.4, -0.2) is 30.4 Å². The SMILES string of the molecule is O=C(NC[C@@H](c1ccccc1Cl)N1CCCCCC1)c1ccc(F)cc1. The summed E-state index contributed by atoms with van der Waals surface area (Å²) in [5, 5.41) is 3.72. The number of carbonyl (C=O) groups excluding carboxylic acids is 1. The van der Waals surface area contributed by atoms with Crippen LogP contribution in [0.5, 0.6) is 0 Å². The van der Waals surface area contributed by atoms with Crippen LogP contribution in [0.4, 0.5) is 4.39 Å². The Morgan fingerprint density at radius 2 is 1.69 bits per heavy atom. The molecule has 0 aromatic heterocycles. The van der Waals surface area contributed by atoms with Crippen molar-refractivity contribution in [3.05, 3.63) is 70.5 Å². The Morgan fingerprint density at radius 1 is 1.04 bits per heavy atom. The molecule has 1 atom stereocenters. The van der Waals surface area contributed by atoms with Gasteiger partial charge in [-0.3, -0.25) is 9.69 Å². The maximum atomic E-state index is 13.1. The quantitative estimate of drug-likeness (QED) is 0.813. The molecule has 5 heteroatoms. The monoisotopic (exact) mass is 374 g/mol. The van der Waals surface area contributed by atoms with Crippen LogP contribution in [0, 0.1) is 5.82 Å². The second-order valence-electron chi connectivity index (χ2n) is 6.70. The molecule has 0 aliphatic carbocycles. The van der Waals surface area contributed by atoms with Crippen LogP contribution in [0.25, 0.3) is 0 Å². The lowest BCUT2D eigenvalue weighted by atomic mass is 10.0. The fraction of sp³-hybridized carbons (Fsp3) is 0.381. The summed E-state index contributed by atoms with van der Waals surface area (Å²) in [4.78, 5) is 14.9.